The summed E-state index contributed by atoms with van der Waals surface area (Å²) in [6, 6.07) is 9.10. The highest BCUT2D eigenvalue weighted by Crippen LogP contribution is 2.04. The molecule has 1 rings (SSSR count). The number of rotatable bonds is 7. The van der Waals surface area contributed by atoms with Gasteiger partial charge in [0.15, 0.2) is 0 Å². The lowest BCUT2D eigenvalue weighted by molar-refractivity contribution is 0.533. The molecular weight excluding hydrogens is 248 g/mol. The predicted molar refractivity (Wildman–Crippen MR) is 75.3 cm³/mol. The van der Waals surface area contributed by atoms with Gasteiger partial charge in [-0.15, -0.1) is 0 Å². The number of hydrogen-bond donors (Lipinski definition) is 2. The summed E-state index contributed by atoms with van der Waals surface area (Å²) in [6.45, 7) is 2.31. The van der Waals surface area contributed by atoms with Crippen LogP contribution in [0.15, 0.2) is 35.7 Å². The second kappa shape index (κ2) is 7.31. The topological polar surface area (TPSA) is 72.2 Å². The van der Waals surface area contributed by atoms with Crippen LogP contribution in [0.2, 0.25) is 0 Å². The summed E-state index contributed by atoms with van der Waals surface area (Å²) in [5.74, 6) is 0. The highest BCUT2D eigenvalue weighted by Gasteiger charge is 2.12. The molecule has 3 N–H and O–H groups in total. The van der Waals surface area contributed by atoms with Gasteiger partial charge in [0, 0.05) is 18.0 Å². The zero-order valence-corrected chi connectivity index (χ0v) is 11.4. The minimum absolute atomic E-state index is 0.194. The molecule has 0 aromatic heterocycles. The molecule has 0 aliphatic carbocycles. The second-order valence-electron chi connectivity index (χ2n) is 4.10. The Bertz CT molecular complexity index is 469. The van der Waals surface area contributed by atoms with Gasteiger partial charge in [-0.25, -0.2) is 13.1 Å². The molecule has 0 aliphatic heterocycles. The molecule has 1 atom stereocenters. The van der Waals surface area contributed by atoms with Gasteiger partial charge in [-0.2, -0.15) is 0 Å². The van der Waals surface area contributed by atoms with Crippen molar-refractivity contribution in [2.45, 2.75) is 25.8 Å². The van der Waals surface area contributed by atoms with E-state index in [1.807, 2.05) is 37.3 Å². The van der Waals surface area contributed by atoms with E-state index in [0.717, 1.165) is 18.4 Å². The lowest BCUT2D eigenvalue weighted by Crippen LogP contribution is -2.38. The third-order valence-electron chi connectivity index (χ3n) is 2.49. The molecule has 4 nitrogen and oxygen atoms in total. The first kappa shape index (κ1) is 14.9. The third kappa shape index (κ3) is 5.44. The van der Waals surface area contributed by atoms with Crippen molar-refractivity contribution in [3.63, 3.8) is 0 Å². The van der Waals surface area contributed by atoms with Gasteiger partial charge in [0.25, 0.3) is 0 Å². The molecule has 0 saturated heterocycles. The van der Waals surface area contributed by atoms with Crippen molar-refractivity contribution in [3.05, 3.63) is 41.3 Å². The van der Waals surface area contributed by atoms with E-state index in [1.54, 1.807) is 6.08 Å². The lowest BCUT2D eigenvalue weighted by Gasteiger charge is -2.13. The Morgan fingerprint density at radius 1 is 1.33 bits per heavy atom. The highest BCUT2D eigenvalue weighted by molar-refractivity contribution is 7.92. The first-order valence-electron chi connectivity index (χ1n) is 6.03. The molecule has 0 aliphatic rings. The number of benzene rings is 1. The Balaban J connectivity index is 2.67. The van der Waals surface area contributed by atoms with Gasteiger partial charge in [-0.3, -0.25) is 0 Å². The van der Waals surface area contributed by atoms with Crippen LogP contribution in [0.3, 0.4) is 0 Å². The number of nitrogens with two attached hydrogens (primary N) is 1. The standard InChI is InChI=1S/C13H20N2O2S/c1-2-6-13(11-14)15-18(16,17)10-9-12-7-4-3-5-8-12/h3-5,7-10,13,15H,2,6,11,14H2,1H3. The summed E-state index contributed by atoms with van der Waals surface area (Å²) in [5, 5.41) is 1.18. The average molecular weight is 268 g/mol. The normalized spacial score (nSPS) is 13.9. The summed E-state index contributed by atoms with van der Waals surface area (Å²) < 4.78 is 26.2. The molecule has 18 heavy (non-hydrogen) atoms. The van der Waals surface area contributed by atoms with E-state index in [-0.39, 0.29) is 6.04 Å². The van der Waals surface area contributed by atoms with Gasteiger partial charge in [0.05, 0.1) is 0 Å². The summed E-state index contributed by atoms with van der Waals surface area (Å²) in [6.07, 6.45) is 3.21. The van der Waals surface area contributed by atoms with Crippen LogP contribution in [0.1, 0.15) is 25.3 Å². The van der Waals surface area contributed by atoms with Crippen LogP contribution in [-0.4, -0.2) is 21.0 Å². The lowest BCUT2D eigenvalue weighted by atomic mass is 10.2. The van der Waals surface area contributed by atoms with Crippen LogP contribution in [0.5, 0.6) is 0 Å². The molecule has 1 unspecified atom stereocenters. The van der Waals surface area contributed by atoms with E-state index in [4.69, 9.17) is 5.73 Å². The third-order valence-corrected chi connectivity index (χ3v) is 3.65. The average Bonchev–Trinajstić information content (AvgIpc) is 2.37. The monoisotopic (exact) mass is 268 g/mol. The quantitative estimate of drug-likeness (QED) is 0.790. The molecule has 1 aromatic carbocycles. The van der Waals surface area contributed by atoms with Gasteiger partial charge >= 0.3 is 0 Å². The number of nitrogens with one attached hydrogen (secondary N) is 1. The smallest absolute Gasteiger partial charge is 0.234 e. The van der Waals surface area contributed by atoms with Crippen molar-refractivity contribution < 1.29 is 8.42 Å². The minimum Gasteiger partial charge on any atom is -0.329 e. The fourth-order valence-electron chi connectivity index (χ4n) is 1.58. The van der Waals surface area contributed by atoms with E-state index in [2.05, 4.69) is 4.72 Å². The Hall–Kier alpha value is -1.17. The zero-order valence-electron chi connectivity index (χ0n) is 10.5. The molecule has 0 spiro atoms. The Kier molecular flexibility index (Phi) is 6.04. The highest BCUT2D eigenvalue weighted by atomic mass is 32.2. The van der Waals surface area contributed by atoms with Gasteiger partial charge in [-0.1, -0.05) is 43.7 Å². The van der Waals surface area contributed by atoms with Crippen LogP contribution in [0, 0.1) is 0 Å². The largest absolute Gasteiger partial charge is 0.329 e. The van der Waals surface area contributed by atoms with Gasteiger partial charge in [0.1, 0.15) is 0 Å². The molecule has 0 saturated carbocycles. The maximum atomic E-state index is 11.8. The maximum Gasteiger partial charge on any atom is 0.234 e. The SMILES string of the molecule is CCCC(CN)NS(=O)(=O)C=Cc1ccccc1. The molecule has 0 heterocycles. The molecule has 100 valence electrons. The molecule has 0 bridgehead atoms. The Morgan fingerprint density at radius 3 is 2.56 bits per heavy atom. The van der Waals surface area contributed by atoms with Crippen molar-refractivity contribution in [3.8, 4) is 0 Å². The summed E-state index contributed by atoms with van der Waals surface area (Å²) in [7, 11) is -3.42. The Labute approximate surface area is 109 Å². The van der Waals surface area contributed by atoms with Crippen molar-refractivity contribution in [1.82, 2.24) is 4.72 Å². The van der Waals surface area contributed by atoms with Gasteiger partial charge in [0.2, 0.25) is 10.0 Å². The van der Waals surface area contributed by atoms with E-state index in [1.165, 1.54) is 5.41 Å². The fraction of sp³-hybridized carbons (Fsp3) is 0.385. The molecule has 5 heteroatoms. The van der Waals surface area contributed by atoms with Crippen LogP contribution in [0.25, 0.3) is 6.08 Å². The van der Waals surface area contributed by atoms with Crippen LogP contribution in [0.4, 0.5) is 0 Å². The molecule has 1 aromatic rings. The minimum atomic E-state index is -3.42. The Morgan fingerprint density at radius 2 is 2.00 bits per heavy atom. The first-order valence-corrected chi connectivity index (χ1v) is 7.57. The summed E-state index contributed by atoms with van der Waals surface area (Å²) >= 11 is 0. The van der Waals surface area contributed by atoms with Crippen LogP contribution in [-0.2, 0) is 10.0 Å². The number of hydrogen-bond acceptors (Lipinski definition) is 3. The fourth-order valence-corrected chi connectivity index (χ4v) is 2.67. The zero-order chi connectivity index (χ0) is 13.4. The maximum absolute atomic E-state index is 11.8. The van der Waals surface area contributed by atoms with Crippen molar-refractivity contribution >= 4 is 16.1 Å². The predicted octanol–water partition coefficient (Wildman–Crippen LogP) is 1.70. The second-order valence-corrected chi connectivity index (χ2v) is 5.70. The van der Waals surface area contributed by atoms with Crippen molar-refractivity contribution in [1.29, 1.82) is 0 Å². The van der Waals surface area contributed by atoms with Gasteiger partial charge < -0.3 is 5.73 Å². The van der Waals surface area contributed by atoms with Crippen LogP contribution < -0.4 is 10.5 Å². The van der Waals surface area contributed by atoms with Crippen molar-refractivity contribution in [2.75, 3.05) is 6.54 Å². The van der Waals surface area contributed by atoms with Gasteiger partial charge in [-0.05, 0) is 18.1 Å². The summed E-state index contributed by atoms with van der Waals surface area (Å²) in [5.41, 5.74) is 6.37. The van der Waals surface area contributed by atoms with E-state index in [9.17, 15) is 8.42 Å². The van der Waals surface area contributed by atoms with Crippen LogP contribution >= 0.6 is 0 Å². The molecule has 0 amide bonds. The molecular formula is C13H20N2O2S. The van der Waals surface area contributed by atoms with E-state index >= 15 is 0 Å². The number of sulfonamides is 1. The van der Waals surface area contributed by atoms with E-state index < -0.39 is 10.0 Å². The first-order chi connectivity index (χ1) is 8.57. The molecule has 0 radical (unpaired) electrons. The molecule has 0 fully saturated rings. The summed E-state index contributed by atoms with van der Waals surface area (Å²) in [4.78, 5) is 0. The van der Waals surface area contributed by atoms with E-state index in [0.29, 0.717) is 6.54 Å². The van der Waals surface area contributed by atoms with Crippen molar-refractivity contribution in [2.24, 2.45) is 5.73 Å².